The summed E-state index contributed by atoms with van der Waals surface area (Å²) in [6.45, 7) is 9.43. The predicted molar refractivity (Wildman–Crippen MR) is 118 cm³/mol. The highest BCUT2D eigenvalue weighted by atomic mass is 32.1. The molecule has 1 aliphatic rings. The first-order chi connectivity index (χ1) is 14.3. The minimum Gasteiger partial charge on any atom is -0.469 e. The Morgan fingerprint density at radius 2 is 2.07 bits per heavy atom. The summed E-state index contributed by atoms with van der Waals surface area (Å²) in [6, 6.07) is 3.93. The van der Waals surface area contributed by atoms with Gasteiger partial charge in [0.25, 0.3) is 0 Å². The van der Waals surface area contributed by atoms with Crippen LogP contribution in [0.2, 0.25) is 0 Å². The number of aryl methyl sites for hydroxylation is 1. The first-order valence-corrected chi connectivity index (χ1v) is 11.4. The normalized spacial score (nSPS) is 15.6. The van der Waals surface area contributed by atoms with E-state index >= 15 is 0 Å². The van der Waals surface area contributed by atoms with E-state index in [1.807, 2.05) is 18.3 Å². The summed E-state index contributed by atoms with van der Waals surface area (Å²) in [5.41, 5.74) is 0. The molecule has 7 nitrogen and oxygen atoms in total. The molecule has 0 saturated carbocycles. The number of aromatic nitrogens is 1. The summed E-state index contributed by atoms with van der Waals surface area (Å²) in [4.78, 5) is 13.1. The van der Waals surface area contributed by atoms with Gasteiger partial charge in [-0.3, -0.25) is 9.89 Å². The Kier molecular flexibility index (Phi) is 9.49. The zero-order valence-corrected chi connectivity index (χ0v) is 18.2. The molecule has 0 amide bonds. The number of guanidine groups is 1. The molecule has 0 atom stereocenters. The van der Waals surface area contributed by atoms with E-state index in [1.54, 1.807) is 17.6 Å². The fourth-order valence-electron chi connectivity index (χ4n) is 3.16. The largest absolute Gasteiger partial charge is 0.469 e. The van der Waals surface area contributed by atoms with Gasteiger partial charge in [-0.15, -0.1) is 11.3 Å². The number of rotatable bonds is 11. The molecule has 0 unspecified atom stereocenters. The molecule has 2 aromatic rings. The van der Waals surface area contributed by atoms with Crippen LogP contribution in [0.5, 0.6) is 0 Å². The second kappa shape index (κ2) is 12.6. The van der Waals surface area contributed by atoms with Crippen LogP contribution in [0.1, 0.15) is 29.0 Å². The van der Waals surface area contributed by atoms with Crippen molar-refractivity contribution in [3.63, 3.8) is 0 Å². The topological polar surface area (TPSA) is 74.9 Å². The standard InChI is InChI=1S/C21H33N5O2S/c1-2-19-17-25-20(29-19)7-10-24-21(23-9-6-18-5-3-14-28-18)22-8-4-11-26-12-15-27-16-13-26/h3,5,14,17H,2,4,6-13,15-16H2,1H3,(H2,22,23,24). The summed E-state index contributed by atoms with van der Waals surface area (Å²) in [5, 5.41) is 8.06. The first kappa shape index (κ1) is 21.8. The quantitative estimate of drug-likeness (QED) is 0.331. The van der Waals surface area contributed by atoms with Gasteiger partial charge in [0.05, 0.1) is 24.5 Å². The molecule has 1 fully saturated rings. The van der Waals surface area contributed by atoms with Crippen molar-refractivity contribution >= 4 is 17.3 Å². The summed E-state index contributed by atoms with van der Waals surface area (Å²) in [5.74, 6) is 1.85. The maximum atomic E-state index is 5.41. The number of nitrogens with zero attached hydrogens (tertiary/aromatic N) is 3. The molecule has 0 aliphatic carbocycles. The molecular formula is C21H33N5O2S. The van der Waals surface area contributed by atoms with Gasteiger partial charge in [-0.05, 0) is 25.0 Å². The maximum Gasteiger partial charge on any atom is 0.191 e. The molecular weight excluding hydrogens is 386 g/mol. The number of thiazole rings is 1. The minimum absolute atomic E-state index is 0.792. The third-order valence-corrected chi connectivity index (χ3v) is 6.03. The van der Waals surface area contributed by atoms with E-state index in [9.17, 15) is 0 Å². The predicted octanol–water partition coefficient (Wildman–Crippen LogP) is 2.34. The molecule has 3 rings (SSSR count). The maximum absolute atomic E-state index is 5.41. The second-order valence-corrected chi connectivity index (χ2v) is 8.24. The number of aliphatic imine (C=N–C) groups is 1. The van der Waals surface area contributed by atoms with Gasteiger partial charge in [0.1, 0.15) is 5.76 Å². The molecule has 0 spiro atoms. The Morgan fingerprint density at radius 3 is 2.79 bits per heavy atom. The summed E-state index contributed by atoms with van der Waals surface area (Å²) < 4.78 is 10.8. The highest BCUT2D eigenvalue weighted by Crippen LogP contribution is 2.13. The Morgan fingerprint density at radius 1 is 1.24 bits per heavy atom. The van der Waals surface area contributed by atoms with Gasteiger partial charge >= 0.3 is 0 Å². The minimum atomic E-state index is 0.792. The Labute approximate surface area is 177 Å². The average molecular weight is 420 g/mol. The van der Waals surface area contributed by atoms with Crippen LogP contribution < -0.4 is 10.6 Å². The molecule has 1 saturated heterocycles. The van der Waals surface area contributed by atoms with Crippen LogP contribution in [-0.4, -0.2) is 68.3 Å². The number of hydrogen-bond donors (Lipinski definition) is 2. The molecule has 1 aliphatic heterocycles. The van der Waals surface area contributed by atoms with Gasteiger partial charge in [-0.2, -0.15) is 0 Å². The van der Waals surface area contributed by atoms with Gasteiger partial charge in [-0.25, -0.2) is 4.98 Å². The van der Waals surface area contributed by atoms with Crippen LogP contribution in [0, 0.1) is 0 Å². The molecule has 2 N–H and O–H groups in total. The summed E-state index contributed by atoms with van der Waals surface area (Å²) >= 11 is 1.80. The van der Waals surface area contributed by atoms with Crippen LogP contribution >= 0.6 is 11.3 Å². The molecule has 8 heteroatoms. The van der Waals surface area contributed by atoms with E-state index in [1.165, 1.54) is 9.88 Å². The summed E-state index contributed by atoms with van der Waals surface area (Å²) in [6.07, 6.45) is 7.56. The van der Waals surface area contributed by atoms with E-state index < -0.39 is 0 Å². The van der Waals surface area contributed by atoms with E-state index in [4.69, 9.17) is 14.1 Å². The van der Waals surface area contributed by atoms with Crippen molar-refractivity contribution in [3.8, 4) is 0 Å². The van der Waals surface area contributed by atoms with Crippen molar-refractivity contribution in [3.05, 3.63) is 40.2 Å². The number of morpholine rings is 1. The fraction of sp³-hybridized carbons (Fsp3) is 0.619. The van der Waals surface area contributed by atoms with Crippen LogP contribution in [-0.2, 0) is 24.0 Å². The smallest absolute Gasteiger partial charge is 0.191 e. The van der Waals surface area contributed by atoms with Crippen molar-refractivity contribution in [1.82, 2.24) is 20.5 Å². The third kappa shape index (κ3) is 8.16. The van der Waals surface area contributed by atoms with E-state index in [0.29, 0.717) is 0 Å². The van der Waals surface area contributed by atoms with Gasteiger partial charge in [-0.1, -0.05) is 6.92 Å². The SMILES string of the molecule is CCc1cnc(CCNC(=NCCCN2CCOCC2)NCCc2ccco2)s1. The molecule has 3 heterocycles. The average Bonchev–Trinajstić information content (AvgIpc) is 3.43. The summed E-state index contributed by atoms with van der Waals surface area (Å²) in [7, 11) is 0. The van der Waals surface area contributed by atoms with Gasteiger partial charge in [0, 0.05) is 63.2 Å². The van der Waals surface area contributed by atoms with Crippen molar-refractivity contribution in [1.29, 1.82) is 0 Å². The third-order valence-electron chi connectivity index (χ3n) is 4.83. The van der Waals surface area contributed by atoms with E-state index in [2.05, 4.69) is 27.4 Å². The Hall–Kier alpha value is -1.90. The lowest BCUT2D eigenvalue weighted by molar-refractivity contribution is 0.0377. The lowest BCUT2D eigenvalue weighted by Gasteiger charge is -2.26. The Bertz CT molecular complexity index is 710. The van der Waals surface area contributed by atoms with E-state index in [0.717, 1.165) is 89.9 Å². The van der Waals surface area contributed by atoms with Crippen molar-refractivity contribution < 1.29 is 9.15 Å². The van der Waals surface area contributed by atoms with Gasteiger partial charge in [0.2, 0.25) is 0 Å². The monoisotopic (exact) mass is 419 g/mol. The lowest BCUT2D eigenvalue weighted by atomic mass is 10.3. The molecule has 160 valence electrons. The molecule has 0 aromatic carbocycles. The second-order valence-electron chi connectivity index (χ2n) is 7.04. The fourth-order valence-corrected chi connectivity index (χ4v) is 4.02. The number of nitrogens with one attached hydrogen (secondary N) is 2. The zero-order valence-electron chi connectivity index (χ0n) is 17.4. The molecule has 29 heavy (non-hydrogen) atoms. The number of ether oxygens (including phenoxy) is 1. The number of furan rings is 1. The number of hydrogen-bond acceptors (Lipinski definition) is 6. The van der Waals surface area contributed by atoms with Crippen molar-refractivity contribution in [2.75, 3.05) is 52.5 Å². The first-order valence-electron chi connectivity index (χ1n) is 10.6. The van der Waals surface area contributed by atoms with E-state index in [-0.39, 0.29) is 0 Å². The van der Waals surface area contributed by atoms with Crippen LogP contribution in [0.15, 0.2) is 34.0 Å². The zero-order chi connectivity index (χ0) is 20.2. The van der Waals surface area contributed by atoms with Gasteiger partial charge < -0.3 is 19.8 Å². The van der Waals surface area contributed by atoms with Crippen molar-refractivity contribution in [2.45, 2.75) is 32.6 Å². The highest BCUT2D eigenvalue weighted by molar-refractivity contribution is 7.11. The highest BCUT2D eigenvalue weighted by Gasteiger charge is 2.09. The molecule has 2 aromatic heterocycles. The molecule has 0 radical (unpaired) electrons. The Balaban J connectivity index is 1.42. The lowest BCUT2D eigenvalue weighted by Crippen LogP contribution is -2.40. The van der Waals surface area contributed by atoms with Crippen LogP contribution in [0.25, 0.3) is 0 Å². The van der Waals surface area contributed by atoms with Crippen LogP contribution in [0.4, 0.5) is 0 Å². The molecule has 0 bridgehead atoms. The van der Waals surface area contributed by atoms with Gasteiger partial charge in [0.15, 0.2) is 5.96 Å². The van der Waals surface area contributed by atoms with Crippen molar-refractivity contribution in [2.24, 2.45) is 4.99 Å². The van der Waals surface area contributed by atoms with Crippen LogP contribution in [0.3, 0.4) is 0 Å².